The third-order valence-corrected chi connectivity index (χ3v) is 5.63. The fraction of sp³-hybridized carbons (Fsp3) is 0.765. The average molecular weight is 291 g/mol. The number of fused-ring (bicyclic) bond motifs is 2. The van der Waals surface area contributed by atoms with Crippen molar-refractivity contribution in [2.75, 3.05) is 6.54 Å². The standard InChI is InChI=1S/C17H25NO3/c19-16(18-9-8-11-4-2-1-3-5-11)14-12-6-7-13(10-12)15(14)17(20)21/h4,12-15H,1-3,5-10H2,(H,18,19)(H,20,21)/t12-,13+,14-,15-/m0/s1. The van der Waals surface area contributed by atoms with E-state index in [2.05, 4.69) is 11.4 Å². The smallest absolute Gasteiger partial charge is 0.307 e. The quantitative estimate of drug-likeness (QED) is 0.765. The number of carboxylic acids is 1. The predicted octanol–water partition coefficient (Wildman–Crippen LogP) is 2.74. The summed E-state index contributed by atoms with van der Waals surface area (Å²) in [7, 11) is 0. The first-order valence-electron chi connectivity index (χ1n) is 8.35. The van der Waals surface area contributed by atoms with Gasteiger partial charge in [-0.1, -0.05) is 11.6 Å². The van der Waals surface area contributed by atoms with Gasteiger partial charge >= 0.3 is 5.97 Å². The summed E-state index contributed by atoms with van der Waals surface area (Å²) in [5.74, 6) is -1.02. The highest BCUT2D eigenvalue weighted by Gasteiger charge is 2.53. The first kappa shape index (κ1) is 14.6. The van der Waals surface area contributed by atoms with Crippen molar-refractivity contribution in [3.05, 3.63) is 11.6 Å². The van der Waals surface area contributed by atoms with Crippen LogP contribution >= 0.6 is 0 Å². The first-order chi connectivity index (χ1) is 10.2. The lowest BCUT2D eigenvalue weighted by Crippen LogP contribution is -2.41. The Balaban J connectivity index is 1.52. The molecule has 3 aliphatic rings. The SMILES string of the molecule is O=C(O)[C@H]1[C@@H]2CC[C@@H](C2)[C@@H]1C(=O)NCCC1=CCCCC1. The van der Waals surface area contributed by atoms with Gasteiger partial charge in [0, 0.05) is 6.54 Å². The molecular weight excluding hydrogens is 266 g/mol. The normalized spacial score (nSPS) is 34.6. The van der Waals surface area contributed by atoms with Gasteiger partial charge < -0.3 is 10.4 Å². The van der Waals surface area contributed by atoms with E-state index < -0.39 is 11.9 Å². The van der Waals surface area contributed by atoms with Crippen molar-refractivity contribution in [1.82, 2.24) is 5.32 Å². The molecule has 4 atom stereocenters. The predicted molar refractivity (Wildman–Crippen MR) is 79.6 cm³/mol. The van der Waals surface area contributed by atoms with E-state index >= 15 is 0 Å². The zero-order valence-corrected chi connectivity index (χ0v) is 12.5. The van der Waals surface area contributed by atoms with Crippen LogP contribution < -0.4 is 5.32 Å². The minimum Gasteiger partial charge on any atom is -0.481 e. The highest BCUT2D eigenvalue weighted by atomic mass is 16.4. The summed E-state index contributed by atoms with van der Waals surface area (Å²) in [5, 5.41) is 12.4. The molecule has 3 rings (SSSR count). The Hall–Kier alpha value is -1.32. The molecule has 3 aliphatic carbocycles. The molecule has 1 amide bonds. The number of hydrogen-bond acceptors (Lipinski definition) is 2. The molecule has 0 heterocycles. The van der Waals surface area contributed by atoms with Gasteiger partial charge in [0.05, 0.1) is 11.8 Å². The van der Waals surface area contributed by atoms with Crippen molar-refractivity contribution in [3.8, 4) is 0 Å². The van der Waals surface area contributed by atoms with Gasteiger partial charge in [-0.3, -0.25) is 9.59 Å². The van der Waals surface area contributed by atoms with Crippen molar-refractivity contribution in [2.24, 2.45) is 23.7 Å². The number of amides is 1. The van der Waals surface area contributed by atoms with Crippen LogP contribution in [0.4, 0.5) is 0 Å². The van der Waals surface area contributed by atoms with Gasteiger partial charge in [0.15, 0.2) is 0 Å². The van der Waals surface area contributed by atoms with Crippen LogP contribution in [0, 0.1) is 23.7 Å². The van der Waals surface area contributed by atoms with Crippen LogP contribution in [0.3, 0.4) is 0 Å². The van der Waals surface area contributed by atoms with Crippen molar-refractivity contribution in [1.29, 1.82) is 0 Å². The van der Waals surface area contributed by atoms with Gasteiger partial charge in [-0.2, -0.15) is 0 Å². The molecule has 0 spiro atoms. The highest BCUT2D eigenvalue weighted by Crippen LogP contribution is 2.52. The van der Waals surface area contributed by atoms with E-state index in [1.165, 1.54) is 18.4 Å². The van der Waals surface area contributed by atoms with Crippen molar-refractivity contribution >= 4 is 11.9 Å². The summed E-state index contributed by atoms with van der Waals surface area (Å²) in [6, 6.07) is 0. The van der Waals surface area contributed by atoms with Gasteiger partial charge in [0.2, 0.25) is 5.91 Å². The second-order valence-corrected chi connectivity index (χ2v) is 6.87. The lowest BCUT2D eigenvalue weighted by atomic mass is 9.78. The van der Waals surface area contributed by atoms with E-state index in [0.717, 1.165) is 38.5 Å². The van der Waals surface area contributed by atoms with Gasteiger partial charge in [-0.05, 0) is 63.2 Å². The molecule has 4 nitrogen and oxygen atoms in total. The Morgan fingerprint density at radius 2 is 1.95 bits per heavy atom. The van der Waals surface area contributed by atoms with Crippen LogP contribution in [0.5, 0.6) is 0 Å². The number of hydrogen-bond donors (Lipinski definition) is 2. The topological polar surface area (TPSA) is 66.4 Å². The third kappa shape index (κ3) is 2.99. The van der Waals surface area contributed by atoms with Gasteiger partial charge in [-0.15, -0.1) is 0 Å². The molecule has 0 aromatic heterocycles. The van der Waals surface area contributed by atoms with Crippen molar-refractivity contribution in [2.45, 2.75) is 51.4 Å². The molecule has 0 aromatic rings. The number of carbonyl (C=O) groups is 2. The number of nitrogens with one attached hydrogen (secondary N) is 1. The number of carbonyl (C=O) groups excluding carboxylic acids is 1. The molecule has 2 bridgehead atoms. The summed E-state index contributed by atoms with van der Waals surface area (Å²) >= 11 is 0. The van der Waals surface area contributed by atoms with Gasteiger partial charge in [0.1, 0.15) is 0 Å². The van der Waals surface area contributed by atoms with Gasteiger partial charge in [-0.25, -0.2) is 0 Å². The third-order valence-electron chi connectivity index (χ3n) is 5.63. The molecular formula is C17H25NO3. The van der Waals surface area contributed by atoms with E-state index in [0.29, 0.717) is 12.5 Å². The molecule has 0 unspecified atom stereocenters. The summed E-state index contributed by atoms with van der Waals surface area (Å²) in [5.41, 5.74) is 1.45. The average Bonchev–Trinajstić information content (AvgIpc) is 3.08. The Bertz CT molecular complexity index is 457. The van der Waals surface area contributed by atoms with Crippen LogP contribution in [0.25, 0.3) is 0 Å². The maximum atomic E-state index is 12.4. The van der Waals surface area contributed by atoms with Crippen LogP contribution in [-0.4, -0.2) is 23.5 Å². The number of rotatable bonds is 5. The Morgan fingerprint density at radius 1 is 1.19 bits per heavy atom. The molecule has 116 valence electrons. The second-order valence-electron chi connectivity index (χ2n) is 6.87. The van der Waals surface area contributed by atoms with Crippen LogP contribution in [0.2, 0.25) is 0 Å². The zero-order valence-electron chi connectivity index (χ0n) is 12.5. The van der Waals surface area contributed by atoms with Crippen LogP contribution in [-0.2, 0) is 9.59 Å². The van der Waals surface area contributed by atoms with Crippen LogP contribution in [0.15, 0.2) is 11.6 Å². The van der Waals surface area contributed by atoms with Gasteiger partial charge in [0.25, 0.3) is 0 Å². The molecule has 2 saturated carbocycles. The largest absolute Gasteiger partial charge is 0.481 e. The van der Waals surface area contributed by atoms with E-state index in [9.17, 15) is 14.7 Å². The van der Waals surface area contributed by atoms with Crippen molar-refractivity contribution in [3.63, 3.8) is 0 Å². The molecule has 0 aliphatic heterocycles. The number of allylic oxidation sites excluding steroid dienone is 1. The van der Waals surface area contributed by atoms with E-state index in [1.807, 2.05) is 0 Å². The first-order valence-corrected chi connectivity index (χ1v) is 8.35. The van der Waals surface area contributed by atoms with E-state index in [-0.39, 0.29) is 17.7 Å². The molecule has 4 heteroatoms. The Kier molecular flexibility index (Phi) is 4.32. The van der Waals surface area contributed by atoms with E-state index in [1.54, 1.807) is 0 Å². The second kappa shape index (κ2) is 6.20. The van der Waals surface area contributed by atoms with E-state index in [4.69, 9.17) is 0 Å². The maximum absolute atomic E-state index is 12.4. The molecule has 0 saturated heterocycles. The maximum Gasteiger partial charge on any atom is 0.307 e. The fourth-order valence-corrected chi connectivity index (χ4v) is 4.62. The number of aliphatic carboxylic acids is 1. The Morgan fingerprint density at radius 3 is 2.62 bits per heavy atom. The molecule has 0 radical (unpaired) electrons. The number of carboxylic acid groups (broad SMARTS) is 1. The lowest BCUT2D eigenvalue weighted by molar-refractivity contribution is -0.149. The highest BCUT2D eigenvalue weighted by molar-refractivity contribution is 5.86. The minimum absolute atomic E-state index is 0.0222. The molecule has 0 aromatic carbocycles. The summed E-state index contributed by atoms with van der Waals surface area (Å²) in [6.07, 6.45) is 11.0. The summed E-state index contributed by atoms with van der Waals surface area (Å²) < 4.78 is 0. The summed E-state index contributed by atoms with van der Waals surface area (Å²) in [6.45, 7) is 0.658. The van der Waals surface area contributed by atoms with Crippen LogP contribution in [0.1, 0.15) is 51.4 Å². The molecule has 2 N–H and O–H groups in total. The molecule has 2 fully saturated rings. The lowest BCUT2D eigenvalue weighted by Gasteiger charge is -2.27. The zero-order chi connectivity index (χ0) is 14.8. The van der Waals surface area contributed by atoms with Crippen molar-refractivity contribution < 1.29 is 14.7 Å². The molecule has 21 heavy (non-hydrogen) atoms. The fourth-order valence-electron chi connectivity index (χ4n) is 4.62. The Labute approximate surface area is 126 Å². The minimum atomic E-state index is -0.780. The monoisotopic (exact) mass is 291 g/mol. The summed E-state index contributed by atoms with van der Waals surface area (Å²) in [4.78, 5) is 23.8.